The maximum absolute atomic E-state index is 12.2. The number of hydrogen-bond donors (Lipinski definition) is 1. The molecule has 0 aromatic heterocycles. The van der Waals surface area contributed by atoms with Gasteiger partial charge < -0.3 is 19.4 Å². The fourth-order valence-electron chi connectivity index (χ4n) is 2.29. The smallest absolute Gasteiger partial charge is 0.390 e. The molecule has 1 unspecified atom stereocenters. The van der Waals surface area contributed by atoms with Gasteiger partial charge in [0, 0.05) is 0 Å². The number of phenolic OH excluding ortho intramolecular Hbond substituents is 1. The fraction of sp³-hybridized carbons (Fsp3) is 0.333. The largest absolute Gasteiger partial charge is 0.508 e. The Hall–Kier alpha value is -3.00. The summed E-state index contributed by atoms with van der Waals surface area (Å²) in [7, 11) is 0. The summed E-state index contributed by atoms with van der Waals surface area (Å²) < 4.78 is 11.0. The van der Waals surface area contributed by atoms with E-state index in [4.69, 9.17) is 16.0 Å². The van der Waals surface area contributed by atoms with E-state index >= 15 is 0 Å². The maximum atomic E-state index is 12.2. The van der Waals surface area contributed by atoms with Crippen LogP contribution < -0.4 is 4.74 Å². The molecule has 2 aromatic rings. The molecule has 5 nitrogen and oxygen atoms in total. The van der Waals surface area contributed by atoms with Crippen LogP contribution in [-0.4, -0.2) is 22.7 Å². The second-order valence-electron chi connectivity index (χ2n) is 6.98. The molecular formula is C21H23NO4. The van der Waals surface area contributed by atoms with Crippen molar-refractivity contribution in [3.63, 3.8) is 0 Å². The zero-order chi connectivity index (χ0) is 19.2. The highest BCUT2D eigenvalue weighted by Gasteiger charge is 2.26. The predicted molar refractivity (Wildman–Crippen MR) is 98.8 cm³/mol. The number of hydrogen-bond acceptors (Lipinski definition) is 4. The molecule has 1 N–H and O–H groups in total. The topological polar surface area (TPSA) is 60.1 Å². The first-order valence-corrected chi connectivity index (χ1v) is 8.36. The molecule has 0 aliphatic heterocycles. The Morgan fingerprint density at radius 2 is 1.65 bits per heavy atom. The number of carbonyl (C=O) groups excluding carboxylic acids is 1. The average Bonchev–Trinajstić information content (AvgIpc) is 2.59. The van der Waals surface area contributed by atoms with E-state index in [2.05, 4.69) is 4.85 Å². The van der Waals surface area contributed by atoms with Crippen molar-refractivity contribution in [1.29, 1.82) is 0 Å². The summed E-state index contributed by atoms with van der Waals surface area (Å²) in [6.45, 7) is 13.3. The molecule has 0 radical (unpaired) electrons. The Balaban J connectivity index is 1.92. The molecule has 0 bridgehead atoms. The third-order valence-electron chi connectivity index (χ3n) is 3.52. The Labute approximate surface area is 154 Å². The zero-order valence-corrected chi connectivity index (χ0v) is 15.2. The zero-order valence-electron chi connectivity index (χ0n) is 15.2. The number of phenols is 1. The van der Waals surface area contributed by atoms with Gasteiger partial charge in [-0.15, -0.1) is 0 Å². The van der Waals surface area contributed by atoms with E-state index in [9.17, 15) is 9.90 Å². The van der Waals surface area contributed by atoms with E-state index in [1.807, 2.05) is 45.0 Å². The van der Waals surface area contributed by atoms with E-state index in [1.165, 1.54) is 12.1 Å². The van der Waals surface area contributed by atoms with Crippen molar-refractivity contribution in [1.82, 2.24) is 0 Å². The van der Waals surface area contributed by atoms with E-state index in [0.717, 1.165) is 16.9 Å². The maximum Gasteiger partial charge on any atom is 0.390 e. The minimum Gasteiger partial charge on any atom is -0.508 e. The molecular weight excluding hydrogens is 330 g/mol. The SMILES string of the molecule is [C-]#[N+]C(Cc1ccc(OC(C)(C)C)cc1)C(=O)OCc1ccc(O)cc1. The van der Waals surface area contributed by atoms with Gasteiger partial charge in [-0.05, 0) is 56.2 Å². The van der Waals surface area contributed by atoms with Crippen LogP contribution in [0.5, 0.6) is 11.5 Å². The van der Waals surface area contributed by atoms with Crippen LogP contribution in [-0.2, 0) is 22.6 Å². The third-order valence-corrected chi connectivity index (χ3v) is 3.52. The molecule has 0 saturated carbocycles. The molecule has 0 amide bonds. The summed E-state index contributed by atoms with van der Waals surface area (Å²) in [5.74, 6) is 0.344. The Kier molecular flexibility index (Phi) is 6.24. The molecule has 0 saturated heterocycles. The van der Waals surface area contributed by atoms with Crippen molar-refractivity contribution in [2.45, 2.75) is 45.4 Å². The highest BCUT2D eigenvalue weighted by molar-refractivity contribution is 5.78. The molecule has 2 aromatic carbocycles. The Morgan fingerprint density at radius 3 is 2.19 bits per heavy atom. The quantitative estimate of drug-likeness (QED) is 0.626. The van der Waals surface area contributed by atoms with Gasteiger partial charge >= 0.3 is 12.0 Å². The van der Waals surface area contributed by atoms with Crippen LogP contribution >= 0.6 is 0 Å². The second-order valence-corrected chi connectivity index (χ2v) is 6.98. The van der Waals surface area contributed by atoms with Gasteiger partial charge in [0.2, 0.25) is 0 Å². The summed E-state index contributed by atoms with van der Waals surface area (Å²) in [6.07, 6.45) is 0.285. The first kappa shape index (κ1) is 19.3. The van der Waals surface area contributed by atoms with Crippen molar-refractivity contribution in [2.75, 3.05) is 0 Å². The van der Waals surface area contributed by atoms with Gasteiger partial charge in [-0.2, -0.15) is 0 Å². The Bertz CT molecular complexity index is 768. The number of esters is 1. The van der Waals surface area contributed by atoms with Crippen LogP contribution in [0, 0.1) is 6.57 Å². The monoisotopic (exact) mass is 353 g/mol. The lowest BCUT2D eigenvalue weighted by Crippen LogP contribution is -2.23. The van der Waals surface area contributed by atoms with Crippen LogP contribution in [0.3, 0.4) is 0 Å². The molecule has 26 heavy (non-hydrogen) atoms. The second kappa shape index (κ2) is 8.39. The van der Waals surface area contributed by atoms with Crippen LogP contribution in [0.2, 0.25) is 0 Å². The predicted octanol–water partition coefficient (Wildman–Crippen LogP) is 4.14. The number of ether oxygens (including phenoxy) is 2. The van der Waals surface area contributed by atoms with Gasteiger partial charge in [0.1, 0.15) is 23.7 Å². The van der Waals surface area contributed by atoms with E-state index < -0.39 is 12.0 Å². The van der Waals surface area contributed by atoms with Gasteiger partial charge in [-0.25, -0.2) is 11.4 Å². The summed E-state index contributed by atoms with van der Waals surface area (Å²) >= 11 is 0. The van der Waals surface area contributed by atoms with Gasteiger partial charge in [0.25, 0.3) is 0 Å². The van der Waals surface area contributed by atoms with Crippen molar-refractivity contribution in [3.05, 3.63) is 71.1 Å². The van der Waals surface area contributed by atoms with Crippen molar-refractivity contribution < 1.29 is 19.4 Å². The standard InChI is InChI=1S/C21H23NO4/c1-21(2,3)26-18-11-7-15(8-12-18)13-19(22-4)20(24)25-14-16-5-9-17(23)10-6-16/h5-12,19,23H,13-14H2,1-3H3. The molecule has 0 aliphatic carbocycles. The lowest BCUT2D eigenvalue weighted by atomic mass is 10.1. The molecule has 5 heteroatoms. The summed E-state index contributed by atoms with van der Waals surface area (Å²) in [5, 5.41) is 9.25. The lowest BCUT2D eigenvalue weighted by molar-refractivity contribution is -0.145. The van der Waals surface area contributed by atoms with Crippen molar-refractivity contribution in [3.8, 4) is 11.5 Å². The van der Waals surface area contributed by atoms with Crippen LogP contribution in [0.4, 0.5) is 0 Å². The molecule has 0 spiro atoms. The van der Waals surface area contributed by atoms with Crippen molar-refractivity contribution in [2.24, 2.45) is 0 Å². The van der Waals surface area contributed by atoms with E-state index in [1.54, 1.807) is 12.1 Å². The highest BCUT2D eigenvalue weighted by Crippen LogP contribution is 2.20. The number of benzene rings is 2. The van der Waals surface area contributed by atoms with Gasteiger partial charge in [0.05, 0.1) is 6.42 Å². The van der Waals surface area contributed by atoms with Crippen molar-refractivity contribution >= 4 is 5.97 Å². The first-order chi connectivity index (χ1) is 12.3. The summed E-state index contributed by atoms with van der Waals surface area (Å²) in [6, 6.07) is 12.9. The molecule has 0 heterocycles. The van der Waals surface area contributed by atoms with Gasteiger partial charge in [0.15, 0.2) is 0 Å². The highest BCUT2D eigenvalue weighted by atomic mass is 16.5. The number of nitrogens with zero attached hydrogens (tertiary/aromatic N) is 1. The summed E-state index contributed by atoms with van der Waals surface area (Å²) in [4.78, 5) is 15.6. The Morgan fingerprint density at radius 1 is 1.08 bits per heavy atom. The van der Waals surface area contributed by atoms with Gasteiger partial charge in [-0.1, -0.05) is 24.3 Å². The number of aromatic hydroxyl groups is 1. The molecule has 136 valence electrons. The van der Waals surface area contributed by atoms with E-state index in [-0.39, 0.29) is 24.4 Å². The van der Waals surface area contributed by atoms with Gasteiger partial charge in [-0.3, -0.25) is 0 Å². The molecule has 0 aliphatic rings. The lowest BCUT2D eigenvalue weighted by Gasteiger charge is -2.21. The fourth-order valence-corrected chi connectivity index (χ4v) is 2.29. The molecule has 2 rings (SSSR count). The van der Waals surface area contributed by atoms with Crippen LogP contribution in [0.1, 0.15) is 31.9 Å². The number of carbonyl (C=O) groups is 1. The average molecular weight is 353 g/mol. The molecule has 0 fully saturated rings. The molecule has 1 atom stereocenters. The number of rotatable bonds is 6. The summed E-state index contributed by atoms with van der Waals surface area (Å²) in [5.41, 5.74) is 1.34. The third kappa shape index (κ3) is 6.14. The minimum atomic E-state index is -0.888. The first-order valence-electron chi connectivity index (χ1n) is 8.36. The van der Waals surface area contributed by atoms with Crippen LogP contribution in [0.15, 0.2) is 48.5 Å². The normalized spacial score (nSPS) is 12.1. The van der Waals surface area contributed by atoms with E-state index in [0.29, 0.717) is 0 Å². The van der Waals surface area contributed by atoms with Crippen LogP contribution in [0.25, 0.3) is 4.85 Å². The minimum absolute atomic E-state index is 0.0729.